The minimum atomic E-state index is -0.383. The van der Waals surface area contributed by atoms with Crippen LogP contribution in [0.25, 0.3) is 0 Å². The minimum Gasteiger partial charge on any atom is -0.342 e. The van der Waals surface area contributed by atoms with Gasteiger partial charge < -0.3 is 14.8 Å². The fraction of sp³-hybridized carbons (Fsp3) is 0.643. The Labute approximate surface area is 124 Å². The zero-order valence-electron chi connectivity index (χ0n) is 13.3. The average Bonchev–Trinajstić information content (AvgIpc) is 2.48. The van der Waals surface area contributed by atoms with Crippen LogP contribution in [0.2, 0.25) is 0 Å². The summed E-state index contributed by atoms with van der Waals surface area (Å²) < 4.78 is 2.42. The van der Waals surface area contributed by atoms with E-state index in [2.05, 4.69) is 5.32 Å². The summed E-state index contributed by atoms with van der Waals surface area (Å²) >= 11 is 0. The van der Waals surface area contributed by atoms with E-state index in [1.165, 1.54) is 17.8 Å². The molecule has 1 aromatic heterocycles. The van der Waals surface area contributed by atoms with E-state index in [-0.39, 0.29) is 29.7 Å². The Hall–Kier alpha value is -1.89. The van der Waals surface area contributed by atoms with Crippen molar-refractivity contribution in [2.45, 2.75) is 33.4 Å². The van der Waals surface area contributed by atoms with Crippen molar-refractivity contribution in [1.82, 2.24) is 19.4 Å². The van der Waals surface area contributed by atoms with Crippen LogP contribution >= 0.6 is 0 Å². The van der Waals surface area contributed by atoms with E-state index in [1.807, 2.05) is 13.8 Å². The number of nitrogens with zero attached hydrogens (tertiary/aromatic N) is 3. The lowest BCUT2D eigenvalue weighted by Gasteiger charge is -2.23. The standard InChI is InChI=1S/C14H24N4O3/c1-6-18(7-2)12(19)10(3)15-8-11-9-16(4)14(21)17(5)13(11)20/h9-10,15H,6-8H2,1-5H3. The third-order valence-corrected chi connectivity index (χ3v) is 3.56. The molecule has 1 unspecified atom stereocenters. The first-order chi connectivity index (χ1) is 9.83. The minimum absolute atomic E-state index is 0.00152. The highest BCUT2D eigenvalue weighted by molar-refractivity contribution is 5.81. The van der Waals surface area contributed by atoms with Gasteiger partial charge in [-0.1, -0.05) is 0 Å². The second-order valence-corrected chi connectivity index (χ2v) is 5.03. The molecule has 0 fully saturated rings. The molecule has 0 saturated carbocycles. The summed E-state index contributed by atoms with van der Waals surface area (Å²) in [6, 6.07) is -0.383. The van der Waals surface area contributed by atoms with E-state index in [9.17, 15) is 14.4 Å². The molecule has 1 rings (SSSR count). The van der Waals surface area contributed by atoms with E-state index in [1.54, 1.807) is 18.9 Å². The van der Waals surface area contributed by atoms with Gasteiger partial charge in [-0.3, -0.25) is 14.2 Å². The van der Waals surface area contributed by atoms with Gasteiger partial charge in [0.25, 0.3) is 5.56 Å². The topological polar surface area (TPSA) is 76.3 Å². The van der Waals surface area contributed by atoms with Crippen LogP contribution in [0.4, 0.5) is 0 Å². The molecular weight excluding hydrogens is 272 g/mol. The lowest BCUT2D eigenvalue weighted by molar-refractivity contribution is -0.132. The number of rotatable bonds is 6. The normalized spacial score (nSPS) is 12.2. The Bertz CT molecular complexity index is 614. The highest BCUT2D eigenvalue weighted by Crippen LogP contribution is 1.96. The molecule has 0 aliphatic heterocycles. The van der Waals surface area contributed by atoms with E-state index in [4.69, 9.17) is 0 Å². The third kappa shape index (κ3) is 3.81. The SMILES string of the molecule is CCN(CC)C(=O)C(C)NCc1cn(C)c(=O)n(C)c1=O. The summed E-state index contributed by atoms with van der Waals surface area (Å²) in [5.41, 5.74) is -0.247. The van der Waals surface area contributed by atoms with Crippen LogP contribution in [0.15, 0.2) is 15.8 Å². The van der Waals surface area contributed by atoms with Gasteiger partial charge in [0.05, 0.1) is 6.04 Å². The Morgan fingerprint density at radius 1 is 1.29 bits per heavy atom. The maximum absolute atomic E-state index is 12.1. The first-order valence-electron chi connectivity index (χ1n) is 7.11. The molecule has 0 saturated heterocycles. The summed E-state index contributed by atoms with van der Waals surface area (Å²) in [6.45, 7) is 7.18. The molecular formula is C14H24N4O3. The third-order valence-electron chi connectivity index (χ3n) is 3.56. The molecule has 1 heterocycles. The molecule has 7 nitrogen and oxygen atoms in total. The van der Waals surface area contributed by atoms with Gasteiger partial charge in [0.1, 0.15) is 0 Å². The largest absolute Gasteiger partial charge is 0.342 e. The molecule has 1 N–H and O–H groups in total. The number of aryl methyl sites for hydroxylation is 1. The number of carbonyl (C=O) groups is 1. The number of nitrogens with one attached hydrogen (secondary N) is 1. The van der Waals surface area contributed by atoms with Crippen LogP contribution in [0.1, 0.15) is 26.3 Å². The van der Waals surface area contributed by atoms with Gasteiger partial charge in [-0.15, -0.1) is 0 Å². The molecule has 0 bridgehead atoms. The van der Waals surface area contributed by atoms with Crippen LogP contribution < -0.4 is 16.6 Å². The summed E-state index contributed by atoms with van der Waals surface area (Å²) in [5, 5.41) is 3.04. The Balaban J connectivity index is 2.83. The summed E-state index contributed by atoms with van der Waals surface area (Å²) in [5.74, 6) is 0.00152. The molecule has 1 aromatic rings. The van der Waals surface area contributed by atoms with Crippen molar-refractivity contribution < 1.29 is 4.79 Å². The Kier molecular flexibility index (Phi) is 5.90. The first kappa shape index (κ1) is 17.2. The smallest absolute Gasteiger partial charge is 0.330 e. The Morgan fingerprint density at radius 2 is 1.86 bits per heavy atom. The van der Waals surface area contributed by atoms with Crippen LogP contribution in [0.5, 0.6) is 0 Å². The Morgan fingerprint density at radius 3 is 2.38 bits per heavy atom. The number of hydrogen-bond donors (Lipinski definition) is 1. The van der Waals surface area contributed by atoms with Crippen molar-refractivity contribution in [2.75, 3.05) is 13.1 Å². The number of amides is 1. The molecule has 0 aliphatic rings. The molecule has 7 heteroatoms. The highest BCUT2D eigenvalue weighted by atomic mass is 16.2. The molecule has 1 atom stereocenters. The van der Waals surface area contributed by atoms with E-state index in [0.29, 0.717) is 18.7 Å². The van der Waals surface area contributed by atoms with Crippen molar-refractivity contribution in [3.63, 3.8) is 0 Å². The van der Waals surface area contributed by atoms with Gasteiger partial charge in [0.2, 0.25) is 5.91 Å². The number of carbonyl (C=O) groups excluding carboxylic acids is 1. The van der Waals surface area contributed by atoms with E-state index in [0.717, 1.165) is 4.57 Å². The fourth-order valence-electron chi connectivity index (χ4n) is 2.16. The van der Waals surface area contributed by atoms with Crippen LogP contribution in [-0.4, -0.2) is 39.1 Å². The van der Waals surface area contributed by atoms with Gasteiger partial charge in [-0.25, -0.2) is 4.79 Å². The van der Waals surface area contributed by atoms with Gasteiger partial charge in [-0.2, -0.15) is 0 Å². The predicted octanol–water partition coefficient (Wildman–Crippen LogP) is -0.569. The van der Waals surface area contributed by atoms with Crippen LogP contribution in [0, 0.1) is 0 Å². The molecule has 118 valence electrons. The second-order valence-electron chi connectivity index (χ2n) is 5.03. The summed E-state index contributed by atoms with van der Waals surface area (Å²) in [4.78, 5) is 37.4. The molecule has 0 aliphatic carbocycles. The highest BCUT2D eigenvalue weighted by Gasteiger charge is 2.18. The van der Waals surface area contributed by atoms with Crippen molar-refractivity contribution in [1.29, 1.82) is 0 Å². The fourth-order valence-corrected chi connectivity index (χ4v) is 2.16. The quantitative estimate of drug-likeness (QED) is 0.763. The maximum Gasteiger partial charge on any atom is 0.330 e. The first-order valence-corrected chi connectivity index (χ1v) is 7.11. The second kappa shape index (κ2) is 7.21. The van der Waals surface area contributed by atoms with E-state index < -0.39 is 0 Å². The van der Waals surface area contributed by atoms with E-state index >= 15 is 0 Å². The lowest BCUT2D eigenvalue weighted by Crippen LogP contribution is -2.46. The van der Waals surface area contributed by atoms with Crippen molar-refractivity contribution in [2.24, 2.45) is 14.1 Å². The van der Waals surface area contributed by atoms with Gasteiger partial charge in [0.15, 0.2) is 0 Å². The summed E-state index contributed by atoms with van der Waals surface area (Å²) in [6.07, 6.45) is 1.51. The number of aromatic nitrogens is 2. The predicted molar refractivity (Wildman–Crippen MR) is 81.2 cm³/mol. The van der Waals surface area contributed by atoms with Crippen LogP contribution in [0.3, 0.4) is 0 Å². The van der Waals surface area contributed by atoms with Crippen molar-refractivity contribution in [3.05, 3.63) is 32.6 Å². The van der Waals surface area contributed by atoms with Crippen molar-refractivity contribution >= 4 is 5.91 Å². The zero-order valence-corrected chi connectivity index (χ0v) is 13.3. The molecule has 0 aromatic carbocycles. The number of hydrogen-bond acceptors (Lipinski definition) is 4. The van der Waals surface area contributed by atoms with Gasteiger partial charge >= 0.3 is 5.69 Å². The van der Waals surface area contributed by atoms with Gasteiger partial charge in [-0.05, 0) is 20.8 Å². The number of likely N-dealkylation sites (N-methyl/N-ethyl adjacent to an activating group) is 1. The molecule has 21 heavy (non-hydrogen) atoms. The molecule has 0 spiro atoms. The maximum atomic E-state index is 12.1. The summed E-state index contributed by atoms with van der Waals surface area (Å²) in [7, 11) is 3.04. The average molecular weight is 296 g/mol. The molecule has 0 radical (unpaired) electrons. The van der Waals surface area contributed by atoms with Gasteiger partial charge in [0, 0.05) is 45.5 Å². The zero-order chi connectivity index (χ0) is 16.2. The monoisotopic (exact) mass is 296 g/mol. The lowest BCUT2D eigenvalue weighted by atomic mass is 10.2. The van der Waals surface area contributed by atoms with Crippen molar-refractivity contribution in [3.8, 4) is 0 Å². The van der Waals surface area contributed by atoms with Crippen LogP contribution in [-0.2, 0) is 25.4 Å². The molecule has 1 amide bonds.